The number of nitrogens with zero attached hydrogens (tertiary/aromatic N) is 2. The predicted molar refractivity (Wildman–Crippen MR) is 71.4 cm³/mol. The fourth-order valence-electron chi connectivity index (χ4n) is 1.80. The van der Waals surface area contributed by atoms with Gasteiger partial charge in [-0.1, -0.05) is 30.3 Å². The number of aromatic nitrogens is 2. The molecule has 4 heteroatoms. The summed E-state index contributed by atoms with van der Waals surface area (Å²) in [6, 6.07) is 11.4. The maximum atomic E-state index is 10.0. The zero-order chi connectivity index (χ0) is 13.0. The van der Waals surface area contributed by atoms with Gasteiger partial charge in [-0.3, -0.25) is 0 Å². The van der Waals surface area contributed by atoms with Crippen molar-refractivity contribution in [1.82, 2.24) is 9.97 Å². The van der Waals surface area contributed by atoms with Gasteiger partial charge in [0.15, 0.2) is 0 Å². The van der Waals surface area contributed by atoms with Crippen LogP contribution in [-0.4, -0.2) is 21.6 Å². The van der Waals surface area contributed by atoms with E-state index in [9.17, 15) is 5.11 Å². The molecule has 0 aliphatic carbocycles. The molecule has 0 amide bonds. The lowest BCUT2D eigenvalue weighted by Gasteiger charge is -2.13. The van der Waals surface area contributed by atoms with Crippen molar-refractivity contribution in [2.75, 3.05) is 11.9 Å². The van der Waals surface area contributed by atoms with Gasteiger partial charge in [-0.2, -0.15) is 0 Å². The van der Waals surface area contributed by atoms with Crippen LogP contribution in [0.15, 0.2) is 36.4 Å². The lowest BCUT2D eigenvalue weighted by molar-refractivity contribution is 0.191. The minimum atomic E-state index is -0.540. The van der Waals surface area contributed by atoms with E-state index in [1.807, 2.05) is 50.2 Å². The maximum Gasteiger partial charge on any atom is 0.130 e. The van der Waals surface area contributed by atoms with E-state index in [1.54, 1.807) is 0 Å². The Balaban J connectivity index is 1.99. The number of benzene rings is 1. The highest BCUT2D eigenvalue weighted by Gasteiger charge is 2.07. The predicted octanol–water partition coefficient (Wildman–Crippen LogP) is 2.24. The normalized spacial score (nSPS) is 12.2. The summed E-state index contributed by atoms with van der Waals surface area (Å²) in [6.07, 6.45) is -0.540. The molecule has 18 heavy (non-hydrogen) atoms. The molecule has 2 N–H and O–H groups in total. The van der Waals surface area contributed by atoms with Crippen LogP contribution in [0, 0.1) is 13.8 Å². The molecule has 0 aliphatic rings. The zero-order valence-corrected chi connectivity index (χ0v) is 10.6. The lowest BCUT2D eigenvalue weighted by Crippen LogP contribution is -2.13. The number of nitrogens with one attached hydrogen (secondary N) is 1. The van der Waals surface area contributed by atoms with Crippen molar-refractivity contribution in [2.45, 2.75) is 20.0 Å². The molecule has 1 heterocycles. The van der Waals surface area contributed by atoms with E-state index < -0.39 is 6.10 Å². The van der Waals surface area contributed by atoms with Gasteiger partial charge in [0.05, 0.1) is 6.10 Å². The number of hydrogen-bond donors (Lipinski definition) is 2. The fraction of sp³-hybridized carbons (Fsp3) is 0.286. The molecule has 0 fully saturated rings. The molecular weight excluding hydrogens is 226 g/mol. The number of hydrogen-bond acceptors (Lipinski definition) is 4. The van der Waals surface area contributed by atoms with Crippen molar-refractivity contribution in [2.24, 2.45) is 0 Å². The second-order valence-corrected chi connectivity index (χ2v) is 4.25. The minimum absolute atomic E-state index is 0.430. The average Bonchev–Trinajstić information content (AvgIpc) is 2.36. The Morgan fingerprint density at radius 1 is 1.17 bits per heavy atom. The van der Waals surface area contributed by atoms with Crippen LogP contribution in [0.1, 0.15) is 23.2 Å². The summed E-state index contributed by atoms with van der Waals surface area (Å²) in [5.74, 6) is 1.47. The maximum absolute atomic E-state index is 10.0. The third kappa shape index (κ3) is 3.28. The van der Waals surface area contributed by atoms with E-state index in [-0.39, 0.29) is 0 Å². The Bertz CT molecular complexity index is 493. The van der Waals surface area contributed by atoms with Crippen LogP contribution < -0.4 is 5.32 Å². The van der Waals surface area contributed by atoms with Crippen molar-refractivity contribution in [3.63, 3.8) is 0 Å². The van der Waals surface area contributed by atoms with Gasteiger partial charge in [0.2, 0.25) is 0 Å². The van der Waals surface area contributed by atoms with Crippen LogP contribution >= 0.6 is 0 Å². The minimum Gasteiger partial charge on any atom is -0.387 e. The first kappa shape index (κ1) is 12.5. The van der Waals surface area contributed by atoms with Gasteiger partial charge >= 0.3 is 0 Å². The number of aryl methyl sites for hydroxylation is 2. The zero-order valence-electron chi connectivity index (χ0n) is 10.6. The fourth-order valence-corrected chi connectivity index (χ4v) is 1.80. The molecule has 1 aromatic heterocycles. The van der Waals surface area contributed by atoms with E-state index >= 15 is 0 Å². The van der Waals surface area contributed by atoms with Crippen LogP contribution in [0.5, 0.6) is 0 Å². The van der Waals surface area contributed by atoms with Gasteiger partial charge in [-0.15, -0.1) is 0 Å². The summed E-state index contributed by atoms with van der Waals surface area (Å²) in [4.78, 5) is 8.47. The van der Waals surface area contributed by atoms with Gasteiger partial charge in [0.25, 0.3) is 0 Å². The molecule has 94 valence electrons. The smallest absolute Gasteiger partial charge is 0.130 e. The lowest BCUT2D eigenvalue weighted by atomic mass is 10.1. The van der Waals surface area contributed by atoms with E-state index in [0.29, 0.717) is 6.54 Å². The summed E-state index contributed by atoms with van der Waals surface area (Å²) >= 11 is 0. The van der Waals surface area contributed by atoms with Crippen molar-refractivity contribution < 1.29 is 5.11 Å². The highest BCUT2D eigenvalue weighted by Crippen LogP contribution is 2.13. The van der Waals surface area contributed by atoms with Crippen molar-refractivity contribution in [3.8, 4) is 0 Å². The molecule has 1 atom stereocenters. The van der Waals surface area contributed by atoms with Crippen LogP contribution in [-0.2, 0) is 0 Å². The van der Waals surface area contributed by atoms with Crippen LogP contribution in [0.25, 0.3) is 0 Å². The second-order valence-electron chi connectivity index (χ2n) is 4.25. The Hall–Kier alpha value is -1.94. The summed E-state index contributed by atoms with van der Waals surface area (Å²) in [6.45, 7) is 4.21. The van der Waals surface area contributed by atoms with Gasteiger partial charge in [-0.25, -0.2) is 9.97 Å². The summed E-state index contributed by atoms with van der Waals surface area (Å²) < 4.78 is 0. The van der Waals surface area contributed by atoms with Gasteiger partial charge in [0.1, 0.15) is 11.6 Å². The molecule has 0 saturated carbocycles. The standard InChI is InChI=1S/C14H17N3O/c1-10-8-14(17-11(2)16-10)15-9-13(18)12-6-4-3-5-7-12/h3-8,13,18H,9H2,1-2H3,(H,15,16,17). The third-order valence-electron chi connectivity index (χ3n) is 2.63. The number of aliphatic hydroxyl groups is 1. The van der Waals surface area contributed by atoms with E-state index in [4.69, 9.17) is 0 Å². The Morgan fingerprint density at radius 2 is 1.89 bits per heavy atom. The van der Waals surface area contributed by atoms with Gasteiger partial charge < -0.3 is 10.4 Å². The SMILES string of the molecule is Cc1cc(NCC(O)c2ccccc2)nc(C)n1. The molecule has 1 unspecified atom stereocenters. The molecule has 0 bridgehead atoms. The van der Waals surface area contributed by atoms with E-state index in [0.717, 1.165) is 22.9 Å². The van der Waals surface area contributed by atoms with Crippen molar-refractivity contribution in [1.29, 1.82) is 0 Å². The monoisotopic (exact) mass is 243 g/mol. The number of aliphatic hydroxyl groups excluding tert-OH is 1. The largest absolute Gasteiger partial charge is 0.387 e. The first-order chi connectivity index (χ1) is 8.65. The third-order valence-corrected chi connectivity index (χ3v) is 2.63. The van der Waals surface area contributed by atoms with Crippen molar-refractivity contribution >= 4 is 5.82 Å². The molecule has 4 nitrogen and oxygen atoms in total. The number of anilines is 1. The summed E-state index contributed by atoms with van der Waals surface area (Å²) in [5, 5.41) is 13.1. The Labute approximate surface area is 107 Å². The van der Waals surface area contributed by atoms with Crippen LogP contribution in [0.2, 0.25) is 0 Å². The van der Waals surface area contributed by atoms with Gasteiger partial charge in [0, 0.05) is 18.3 Å². The number of rotatable bonds is 4. The first-order valence-electron chi connectivity index (χ1n) is 5.94. The summed E-state index contributed by atoms with van der Waals surface area (Å²) in [7, 11) is 0. The molecule has 2 rings (SSSR count). The highest BCUT2D eigenvalue weighted by molar-refractivity contribution is 5.36. The van der Waals surface area contributed by atoms with Crippen LogP contribution in [0.3, 0.4) is 0 Å². The van der Waals surface area contributed by atoms with E-state index in [2.05, 4.69) is 15.3 Å². The molecule has 0 saturated heterocycles. The molecule has 0 aliphatic heterocycles. The molecule has 0 radical (unpaired) electrons. The molecule has 1 aromatic carbocycles. The Morgan fingerprint density at radius 3 is 2.56 bits per heavy atom. The molecular formula is C14H17N3O. The summed E-state index contributed by atoms with van der Waals surface area (Å²) in [5.41, 5.74) is 1.81. The quantitative estimate of drug-likeness (QED) is 0.864. The van der Waals surface area contributed by atoms with Crippen LogP contribution in [0.4, 0.5) is 5.82 Å². The second kappa shape index (κ2) is 5.60. The Kier molecular flexibility index (Phi) is 3.89. The van der Waals surface area contributed by atoms with Crippen molar-refractivity contribution in [3.05, 3.63) is 53.5 Å². The average molecular weight is 243 g/mol. The molecule has 2 aromatic rings. The van der Waals surface area contributed by atoms with E-state index in [1.165, 1.54) is 0 Å². The van der Waals surface area contributed by atoms with Gasteiger partial charge in [-0.05, 0) is 19.4 Å². The first-order valence-corrected chi connectivity index (χ1v) is 5.94. The topological polar surface area (TPSA) is 58.0 Å². The molecule has 0 spiro atoms. The highest BCUT2D eigenvalue weighted by atomic mass is 16.3.